The molecule has 3 amide bonds. The van der Waals surface area contributed by atoms with Crippen molar-refractivity contribution in [1.82, 2.24) is 10.2 Å². The van der Waals surface area contributed by atoms with Crippen LogP contribution in [0.25, 0.3) is 0 Å². The van der Waals surface area contributed by atoms with Gasteiger partial charge in [0.05, 0.1) is 4.88 Å². The molecule has 0 saturated carbocycles. The first-order valence-electron chi connectivity index (χ1n) is 10.2. The number of hydrogen-bond donors (Lipinski definition) is 3. The fraction of sp³-hybridized carbons (Fsp3) is 0.409. The van der Waals surface area contributed by atoms with Crippen LogP contribution >= 0.6 is 11.3 Å². The summed E-state index contributed by atoms with van der Waals surface area (Å²) < 4.78 is 0. The van der Waals surface area contributed by atoms with Gasteiger partial charge in [-0.05, 0) is 61.5 Å². The quantitative estimate of drug-likeness (QED) is 0.534. The lowest BCUT2D eigenvalue weighted by Crippen LogP contribution is -2.38. The van der Waals surface area contributed by atoms with Crippen LogP contribution < -0.4 is 16.4 Å². The largest absolute Gasteiger partial charge is 0.369 e. The molecule has 1 saturated heterocycles. The van der Waals surface area contributed by atoms with Crippen molar-refractivity contribution >= 4 is 34.7 Å². The van der Waals surface area contributed by atoms with Gasteiger partial charge in [0.1, 0.15) is 0 Å². The molecule has 7 nitrogen and oxygen atoms in total. The van der Waals surface area contributed by atoms with Crippen molar-refractivity contribution in [1.29, 1.82) is 0 Å². The predicted molar refractivity (Wildman–Crippen MR) is 118 cm³/mol. The average molecular weight is 429 g/mol. The Hall–Kier alpha value is -2.71. The molecule has 1 aromatic carbocycles. The van der Waals surface area contributed by atoms with Crippen LogP contribution in [0.5, 0.6) is 0 Å². The number of benzene rings is 1. The third-order valence-electron chi connectivity index (χ3n) is 5.22. The van der Waals surface area contributed by atoms with E-state index in [1.165, 1.54) is 11.3 Å². The van der Waals surface area contributed by atoms with Gasteiger partial charge in [-0.1, -0.05) is 18.2 Å². The Bertz CT molecular complexity index is 861. The molecule has 0 bridgehead atoms. The zero-order valence-electron chi connectivity index (χ0n) is 16.9. The molecule has 30 heavy (non-hydrogen) atoms. The molecule has 1 aromatic heterocycles. The van der Waals surface area contributed by atoms with Crippen molar-refractivity contribution in [3.05, 3.63) is 52.2 Å². The number of amides is 3. The molecule has 160 valence electrons. The summed E-state index contributed by atoms with van der Waals surface area (Å²) >= 11 is 1.40. The fourth-order valence-electron chi connectivity index (χ4n) is 3.55. The van der Waals surface area contributed by atoms with Crippen LogP contribution in [0.4, 0.5) is 5.69 Å². The van der Waals surface area contributed by atoms with Gasteiger partial charge in [-0.15, -0.1) is 11.3 Å². The van der Waals surface area contributed by atoms with Gasteiger partial charge in [0.25, 0.3) is 5.91 Å². The Kier molecular flexibility index (Phi) is 7.98. The van der Waals surface area contributed by atoms with E-state index in [9.17, 15) is 14.4 Å². The van der Waals surface area contributed by atoms with Gasteiger partial charge in [0.2, 0.25) is 11.8 Å². The van der Waals surface area contributed by atoms with Crippen molar-refractivity contribution in [3.8, 4) is 0 Å². The van der Waals surface area contributed by atoms with Crippen molar-refractivity contribution in [2.24, 2.45) is 11.7 Å². The van der Waals surface area contributed by atoms with E-state index in [1.54, 1.807) is 6.07 Å². The van der Waals surface area contributed by atoms with Crippen LogP contribution in [0.2, 0.25) is 0 Å². The number of nitrogens with zero attached hydrogens (tertiary/aromatic N) is 1. The molecule has 0 aliphatic carbocycles. The summed E-state index contributed by atoms with van der Waals surface area (Å²) in [4.78, 5) is 38.3. The molecule has 1 fully saturated rings. The minimum absolute atomic E-state index is 0.0121. The zero-order chi connectivity index (χ0) is 21.3. The zero-order valence-corrected chi connectivity index (χ0v) is 17.7. The van der Waals surface area contributed by atoms with E-state index in [4.69, 9.17) is 5.73 Å². The van der Waals surface area contributed by atoms with Crippen LogP contribution in [0.1, 0.15) is 40.9 Å². The van der Waals surface area contributed by atoms with E-state index >= 15 is 0 Å². The first-order chi connectivity index (χ1) is 14.5. The summed E-state index contributed by atoms with van der Waals surface area (Å²) in [6.07, 6.45) is 2.52. The molecule has 8 heteroatoms. The topological polar surface area (TPSA) is 105 Å². The molecule has 1 aliphatic rings. The maximum atomic E-state index is 12.2. The van der Waals surface area contributed by atoms with Crippen LogP contribution in [-0.2, 0) is 16.1 Å². The van der Waals surface area contributed by atoms with Crippen LogP contribution in [0.15, 0.2) is 41.8 Å². The Morgan fingerprint density at radius 1 is 1.13 bits per heavy atom. The number of rotatable bonds is 9. The molecular formula is C22H28N4O3S. The van der Waals surface area contributed by atoms with E-state index < -0.39 is 0 Å². The highest BCUT2D eigenvalue weighted by Gasteiger charge is 2.23. The molecule has 0 unspecified atom stereocenters. The summed E-state index contributed by atoms with van der Waals surface area (Å²) in [5, 5.41) is 7.61. The number of carbonyl (C=O) groups is 3. The molecule has 4 N–H and O–H groups in total. The van der Waals surface area contributed by atoms with Gasteiger partial charge in [0.15, 0.2) is 0 Å². The molecular weight excluding hydrogens is 400 g/mol. The minimum Gasteiger partial charge on any atom is -0.369 e. The fourth-order valence-corrected chi connectivity index (χ4v) is 4.19. The Labute approximate surface area is 180 Å². The lowest BCUT2D eigenvalue weighted by atomic mass is 9.96. The second kappa shape index (κ2) is 10.9. The van der Waals surface area contributed by atoms with E-state index in [1.807, 2.05) is 35.7 Å². The first kappa shape index (κ1) is 22.0. The average Bonchev–Trinajstić information content (AvgIpc) is 3.27. The maximum absolute atomic E-state index is 12.2. The van der Waals surface area contributed by atoms with Gasteiger partial charge in [-0.25, -0.2) is 0 Å². The number of piperidine rings is 1. The third kappa shape index (κ3) is 6.67. The highest BCUT2D eigenvalue weighted by atomic mass is 32.1. The number of primary amides is 1. The number of carbonyl (C=O) groups excluding carboxylic acids is 3. The maximum Gasteiger partial charge on any atom is 0.261 e. The molecule has 0 radical (unpaired) electrons. The lowest BCUT2D eigenvalue weighted by Gasteiger charge is -2.30. The van der Waals surface area contributed by atoms with Crippen molar-refractivity contribution < 1.29 is 14.4 Å². The predicted octanol–water partition coefficient (Wildman–Crippen LogP) is 2.59. The highest BCUT2D eigenvalue weighted by Crippen LogP contribution is 2.20. The minimum atomic E-state index is -0.203. The SMILES string of the molecule is NC(=O)C1CCN(Cc2cccc(NC(=O)CCCNC(=O)c3cccs3)c2)CC1. The Morgan fingerprint density at radius 3 is 2.63 bits per heavy atom. The lowest BCUT2D eigenvalue weighted by molar-refractivity contribution is -0.123. The number of anilines is 1. The number of thiophene rings is 1. The van der Waals surface area contributed by atoms with Gasteiger partial charge < -0.3 is 16.4 Å². The van der Waals surface area contributed by atoms with E-state index in [-0.39, 0.29) is 23.6 Å². The normalized spacial score (nSPS) is 14.9. The molecule has 0 spiro atoms. The van der Waals surface area contributed by atoms with Crippen molar-refractivity contribution in [3.63, 3.8) is 0 Å². The monoisotopic (exact) mass is 428 g/mol. The Morgan fingerprint density at radius 2 is 1.93 bits per heavy atom. The third-order valence-corrected chi connectivity index (χ3v) is 6.09. The summed E-state index contributed by atoms with van der Waals surface area (Å²) in [5.41, 5.74) is 7.28. The van der Waals surface area contributed by atoms with Crippen LogP contribution in [0.3, 0.4) is 0 Å². The number of nitrogens with one attached hydrogen (secondary N) is 2. The molecule has 2 heterocycles. The summed E-state index contributed by atoms with van der Waals surface area (Å²) in [5.74, 6) is -0.384. The van der Waals surface area contributed by atoms with E-state index in [0.717, 1.165) is 43.7 Å². The van der Waals surface area contributed by atoms with Crippen molar-refractivity contribution in [2.75, 3.05) is 25.0 Å². The molecule has 3 rings (SSSR count). The summed E-state index contributed by atoms with van der Waals surface area (Å²) in [6, 6.07) is 11.4. The first-order valence-corrected chi connectivity index (χ1v) is 11.1. The highest BCUT2D eigenvalue weighted by molar-refractivity contribution is 7.12. The van der Waals surface area contributed by atoms with Crippen molar-refractivity contribution in [2.45, 2.75) is 32.2 Å². The number of nitrogens with two attached hydrogens (primary N) is 1. The molecule has 1 aliphatic heterocycles. The molecule has 2 aromatic rings. The van der Waals surface area contributed by atoms with E-state index in [2.05, 4.69) is 15.5 Å². The Balaban J connectivity index is 1.38. The smallest absolute Gasteiger partial charge is 0.261 e. The second-order valence-electron chi connectivity index (χ2n) is 7.54. The number of hydrogen-bond acceptors (Lipinski definition) is 5. The van der Waals surface area contributed by atoms with Gasteiger partial charge in [-0.3, -0.25) is 19.3 Å². The summed E-state index contributed by atoms with van der Waals surface area (Å²) in [6.45, 7) is 2.94. The van der Waals surface area contributed by atoms with E-state index in [0.29, 0.717) is 24.3 Å². The summed E-state index contributed by atoms with van der Waals surface area (Å²) in [7, 11) is 0. The van der Waals surface area contributed by atoms with Gasteiger partial charge in [0, 0.05) is 31.1 Å². The standard InChI is InChI=1S/C22H28N4O3S/c23-21(28)17-8-11-26(12-9-17)15-16-4-1-5-18(14-16)25-20(27)7-2-10-24-22(29)19-6-3-13-30-19/h1,3-6,13-14,17H,2,7-12,15H2,(H2,23,28)(H,24,29)(H,25,27). The van der Waals surface area contributed by atoms with Crippen LogP contribution in [0, 0.1) is 5.92 Å². The van der Waals surface area contributed by atoms with Gasteiger partial charge >= 0.3 is 0 Å². The second-order valence-corrected chi connectivity index (χ2v) is 8.49. The number of likely N-dealkylation sites (tertiary alicyclic amines) is 1. The molecule has 0 atom stereocenters. The van der Waals surface area contributed by atoms with Gasteiger partial charge in [-0.2, -0.15) is 0 Å². The van der Waals surface area contributed by atoms with Crippen LogP contribution in [-0.4, -0.2) is 42.3 Å².